The lowest BCUT2D eigenvalue weighted by Crippen LogP contribution is -2.39. The van der Waals surface area contributed by atoms with Gasteiger partial charge in [0.1, 0.15) is 6.54 Å². The largest absolute Gasteiger partial charge is 0.459 e. The molecule has 0 bridgehead atoms. The molecular weight excluding hydrogens is 380 g/mol. The number of furan rings is 1. The number of H-pyrrole nitrogens is 1. The molecule has 0 saturated carbocycles. The van der Waals surface area contributed by atoms with Crippen LogP contribution in [0.4, 0.5) is 0 Å². The third kappa shape index (κ3) is 5.06. The van der Waals surface area contributed by atoms with Crippen LogP contribution in [-0.2, 0) is 14.3 Å². The van der Waals surface area contributed by atoms with Crippen LogP contribution < -0.4 is 16.2 Å². The normalized spacial score (nSPS) is 11.6. The highest BCUT2D eigenvalue weighted by Gasteiger charge is 2.16. The number of hydrogen-bond donors (Lipinski definition) is 3. The zero-order chi connectivity index (χ0) is 20.8. The van der Waals surface area contributed by atoms with E-state index in [9.17, 15) is 19.2 Å². The maximum atomic E-state index is 12.1. The minimum atomic E-state index is -0.824. The molecule has 0 saturated heterocycles. The van der Waals surface area contributed by atoms with Crippen molar-refractivity contribution in [1.29, 1.82) is 0 Å². The Hall–Kier alpha value is -3.95. The molecule has 0 aliphatic rings. The summed E-state index contributed by atoms with van der Waals surface area (Å²) in [5, 5.41) is 5.11. The molecule has 1 aromatic carbocycles. The number of esters is 1. The zero-order valence-electron chi connectivity index (χ0n) is 15.4. The van der Waals surface area contributed by atoms with Gasteiger partial charge < -0.3 is 24.8 Å². The quantitative estimate of drug-likeness (QED) is 0.496. The van der Waals surface area contributed by atoms with Crippen molar-refractivity contribution >= 4 is 28.7 Å². The van der Waals surface area contributed by atoms with Crippen molar-refractivity contribution in [2.24, 2.45) is 0 Å². The van der Waals surface area contributed by atoms with Gasteiger partial charge in [-0.15, -0.1) is 0 Å². The van der Waals surface area contributed by atoms with Crippen LogP contribution in [-0.4, -0.2) is 40.8 Å². The Morgan fingerprint density at radius 1 is 1.14 bits per heavy atom. The van der Waals surface area contributed by atoms with Crippen LogP contribution in [0, 0.1) is 0 Å². The van der Waals surface area contributed by atoms with Gasteiger partial charge in [0.15, 0.2) is 17.7 Å². The Bertz CT molecular complexity index is 1090. The molecule has 2 amide bonds. The molecular formula is C19H18N4O6. The number of nitrogens with zero attached hydrogens (tertiary/aromatic N) is 1. The Kier molecular flexibility index (Phi) is 6.03. The van der Waals surface area contributed by atoms with Crippen molar-refractivity contribution in [2.75, 3.05) is 13.1 Å². The first kappa shape index (κ1) is 19.8. The van der Waals surface area contributed by atoms with Crippen molar-refractivity contribution in [2.45, 2.75) is 13.0 Å². The van der Waals surface area contributed by atoms with Gasteiger partial charge in [-0.25, -0.2) is 4.98 Å². The Morgan fingerprint density at radius 2 is 1.93 bits per heavy atom. The van der Waals surface area contributed by atoms with Gasteiger partial charge in [-0.1, -0.05) is 12.1 Å². The lowest BCUT2D eigenvalue weighted by molar-refractivity contribution is -0.148. The predicted octanol–water partition coefficient (Wildman–Crippen LogP) is 0.666. The summed E-state index contributed by atoms with van der Waals surface area (Å²) in [7, 11) is 0. The lowest BCUT2D eigenvalue weighted by Gasteiger charge is -2.13. The van der Waals surface area contributed by atoms with Crippen molar-refractivity contribution in [3.63, 3.8) is 0 Å². The fourth-order valence-electron chi connectivity index (χ4n) is 2.48. The number of hydrogen-bond acceptors (Lipinski definition) is 7. The third-order valence-corrected chi connectivity index (χ3v) is 3.91. The van der Waals surface area contributed by atoms with Crippen molar-refractivity contribution < 1.29 is 23.5 Å². The number of carbonyl (C=O) groups is 3. The van der Waals surface area contributed by atoms with Crippen molar-refractivity contribution in [3.8, 4) is 0 Å². The van der Waals surface area contributed by atoms with E-state index in [1.807, 2.05) is 0 Å². The molecule has 3 N–H and O–H groups in total. The molecule has 0 aliphatic heterocycles. The van der Waals surface area contributed by atoms with Crippen molar-refractivity contribution in [1.82, 2.24) is 20.6 Å². The Labute approximate surface area is 164 Å². The molecule has 0 fully saturated rings. The number of benzene rings is 1. The van der Waals surface area contributed by atoms with Crippen LogP contribution in [0.3, 0.4) is 0 Å². The number of aromatic amines is 1. The van der Waals surface area contributed by atoms with E-state index in [0.29, 0.717) is 10.9 Å². The third-order valence-electron chi connectivity index (χ3n) is 3.91. The number of carbonyl (C=O) groups excluding carboxylic acids is 3. The summed E-state index contributed by atoms with van der Waals surface area (Å²) in [6.07, 6.45) is 0.513. The smallest absolute Gasteiger partial charge is 0.326 e. The van der Waals surface area contributed by atoms with Crippen LogP contribution in [0.1, 0.15) is 29.4 Å². The highest BCUT2D eigenvalue weighted by atomic mass is 16.5. The second-order valence-corrected chi connectivity index (χ2v) is 6.04. The molecule has 3 aromatic rings. The van der Waals surface area contributed by atoms with E-state index in [2.05, 4.69) is 20.6 Å². The number of nitrogens with one attached hydrogen (secondary N) is 3. The van der Waals surface area contributed by atoms with Crippen molar-refractivity contribution in [3.05, 3.63) is 64.6 Å². The summed E-state index contributed by atoms with van der Waals surface area (Å²) in [6.45, 7) is 0.815. The van der Waals surface area contributed by atoms with Crippen LogP contribution in [0.5, 0.6) is 0 Å². The summed E-state index contributed by atoms with van der Waals surface area (Å²) < 4.78 is 10.1. The van der Waals surface area contributed by atoms with E-state index >= 15 is 0 Å². The molecule has 2 heterocycles. The second-order valence-electron chi connectivity index (χ2n) is 6.04. The molecule has 150 valence electrons. The van der Waals surface area contributed by atoms with E-state index < -0.39 is 30.4 Å². The number of fused-ring (bicyclic) bond motifs is 1. The van der Waals surface area contributed by atoms with Gasteiger partial charge in [0.25, 0.3) is 11.5 Å². The van der Waals surface area contributed by atoms with Crippen LogP contribution >= 0.6 is 0 Å². The van der Waals surface area contributed by atoms with Crippen LogP contribution in [0.15, 0.2) is 51.9 Å². The van der Waals surface area contributed by atoms with E-state index in [0.717, 1.165) is 0 Å². The first-order valence-corrected chi connectivity index (χ1v) is 8.71. The fourth-order valence-corrected chi connectivity index (χ4v) is 2.48. The van der Waals surface area contributed by atoms with Gasteiger partial charge in [0.2, 0.25) is 5.91 Å². The first-order chi connectivity index (χ1) is 13.9. The summed E-state index contributed by atoms with van der Waals surface area (Å²) in [5.41, 5.74) is 0.142. The highest BCUT2D eigenvalue weighted by Crippen LogP contribution is 2.14. The van der Waals surface area contributed by atoms with Gasteiger partial charge in [0.05, 0.1) is 23.7 Å². The van der Waals surface area contributed by atoms with Gasteiger partial charge in [-0.2, -0.15) is 0 Å². The number of para-hydroxylation sites is 1. The fraction of sp³-hybridized carbons (Fsp3) is 0.211. The number of aromatic nitrogens is 2. The Balaban J connectivity index is 1.48. The zero-order valence-corrected chi connectivity index (χ0v) is 15.4. The van der Waals surface area contributed by atoms with Gasteiger partial charge in [-0.05, 0) is 31.2 Å². The maximum absolute atomic E-state index is 12.1. The molecule has 1 atom stereocenters. The average Bonchev–Trinajstić information content (AvgIpc) is 3.25. The molecule has 3 rings (SSSR count). The molecule has 0 aliphatic carbocycles. The molecule has 10 nitrogen and oxygen atoms in total. The molecule has 0 spiro atoms. The molecule has 0 radical (unpaired) electrons. The van der Waals surface area contributed by atoms with Gasteiger partial charge >= 0.3 is 5.97 Å². The molecule has 2 aromatic heterocycles. The second kappa shape index (κ2) is 8.83. The van der Waals surface area contributed by atoms with E-state index in [-0.39, 0.29) is 23.7 Å². The average molecular weight is 398 g/mol. The highest BCUT2D eigenvalue weighted by molar-refractivity contribution is 5.94. The summed E-state index contributed by atoms with van der Waals surface area (Å²) in [5.74, 6) is -1.58. The van der Waals surface area contributed by atoms with E-state index in [1.165, 1.54) is 12.3 Å². The topological polar surface area (TPSA) is 143 Å². The molecule has 10 heteroatoms. The number of amides is 2. The van der Waals surface area contributed by atoms with E-state index in [1.54, 1.807) is 37.3 Å². The minimum Gasteiger partial charge on any atom is -0.459 e. The summed E-state index contributed by atoms with van der Waals surface area (Å²) in [6, 6.07) is 9.79. The standard InChI is InChI=1S/C19H18N4O6/c1-11(17-22-13-6-3-2-5-12(13)18(26)23-17)29-16(25)10-20-15(24)9-21-19(27)14-7-4-8-28-14/h2-8,11H,9-10H2,1H3,(H,20,24)(H,21,27)(H,22,23,26)/t11-/m0/s1. The van der Waals surface area contributed by atoms with Gasteiger partial charge in [-0.3, -0.25) is 19.2 Å². The number of ether oxygens (including phenoxy) is 1. The van der Waals surface area contributed by atoms with Gasteiger partial charge in [0, 0.05) is 0 Å². The predicted molar refractivity (Wildman–Crippen MR) is 101 cm³/mol. The SMILES string of the molecule is C[C@H](OC(=O)CNC(=O)CNC(=O)c1ccco1)c1nc2ccccc2c(=O)[nH]1. The Morgan fingerprint density at radius 3 is 2.69 bits per heavy atom. The number of rotatable bonds is 7. The maximum Gasteiger partial charge on any atom is 0.326 e. The van der Waals surface area contributed by atoms with Crippen LogP contribution in [0.2, 0.25) is 0 Å². The van der Waals surface area contributed by atoms with Crippen LogP contribution in [0.25, 0.3) is 10.9 Å². The lowest BCUT2D eigenvalue weighted by atomic mass is 10.2. The molecule has 0 unspecified atom stereocenters. The minimum absolute atomic E-state index is 0.0721. The van der Waals surface area contributed by atoms with E-state index in [4.69, 9.17) is 9.15 Å². The molecule has 29 heavy (non-hydrogen) atoms. The monoisotopic (exact) mass is 398 g/mol. The summed E-state index contributed by atoms with van der Waals surface area (Å²) >= 11 is 0. The first-order valence-electron chi connectivity index (χ1n) is 8.71. The summed E-state index contributed by atoms with van der Waals surface area (Å²) in [4.78, 5) is 54.3.